The van der Waals surface area contributed by atoms with Crippen LogP contribution in [0.5, 0.6) is 0 Å². The lowest BCUT2D eigenvalue weighted by atomic mass is 10.2. The topological polar surface area (TPSA) is 32.3 Å². The molecule has 0 bridgehead atoms. The molecule has 0 radical (unpaired) electrons. The second kappa shape index (κ2) is 5.49. The van der Waals surface area contributed by atoms with Gasteiger partial charge in [0.15, 0.2) is 0 Å². The van der Waals surface area contributed by atoms with Crippen molar-refractivity contribution in [2.45, 2.75) is 25.9 Å². The first-order valence-corrected chi connectivity index (χ1v) is 3.50. The number of aliphatic hydroxyl groups is 1. The first kappa shape index (κ1) is 8.35. The third-order valence-corrected chi connectivity index (χ3v) is 1.21. The smallest absolute Gasteiger partial charge is 0.0667 e. The summed E-state index contributed by atoms with van der Waals surface area (Å²) in [4.78, 5) is 0. The molecule has 0 aromatic carbocycles. The molecule has 2 unspecified atom stereocenters. The maximum Gasteiger partial charge on any atom is 0.0667 e. The largest absolute Gasteiger partial charge is 0.392 e. The summed E-state index contributed by atoms with van der Waals surface area (Å²) in [7, 11) is 2.36. The molecule has 2 nitrogen and oxygen atoms in total. The van der Waals surface area contributed by atoms with E-state index < -0.39 is 0 Å². The van der Waals surface area contributed by atoms with Gasteiger partial charge in [0.1, 0.15) is 0 Å². The van der Waals surface area contributed by atoms with Gasteiger partial charge in [-0.15, -0.1) is 0 Å². The van der Waals surface area contributed by atoms with Gasteiger partial charge in [0.2, 0.25) is 0 Å². The summed E-state index contributed by atoms with van der Waals surface area (Å²) >= 11 is 0. The summed E-state index contributed by atoms with van der Waals surface area (Å²) in [6.45, 7) is 2.74. The molecule has 50 valence electrons. The lowest BCUT2D eigenvalue weighted by Gasteiger charge is -2.05. The van der Waals surface area contributed by atoms with Crippen LogP contribution in [0.25, 0.3) is 0 Å². The summed E-state index contributed by atoms with van der Waals surface area (Å²) in [6, 6.07) is 0. The maximum atomic E-state index is 8.97. The maximum absolute atomic E-state index is 8.97. The molecule has 2 atom stereocenters. The van der Waals surface area contributed by atoms with Gasteiger partial charge in [-0.1, -0.05) is 22.7 Å². The fourth-order valence-corrected chi connectivity index (χ4v) is 0.843. The Balaban J connectivity index is 2.92. The van der Waals surface area contributed by atoms with Gasteiger partial charge in [-0.2, -0.15) is 0 Å². The first-order chi connectivity index (χ1) is 3.81. The van der Waals surface area contributed by atoms with Gasteiger partial charge in [-0.3, -0.25) is 5.09 Å². The van der Waals surface area contributed by atoms with E-state index in [0.717, 1.165) is 12.8 Å². The number of hydrogen-bond donors (Lipinski definition) is 2. The van der Waals surface area contributed by atoms with Crippen molar-refractivity contribution in [3.63, 3.8) is 0 Å². The molecule has 0 aliphatic rings. The van der Waals surface area contributed by atoms with Crippen LogP contribution in [0.1, 0.15) is 19.8 Å². The zero-order chi connectivity index (χ0) is 6.41. The lowest BCUT2D eigenvalue weighted by molar-refractivity contribution is 0.168. The zero-order valence-electron chi connectivity index (χ0n) is 5.22. The minimum Gasteiger partial charge on any atom is -0.392 e. The van der Waals surface area contributed by atoms with E-state index in [4.69, 9.17) is 5.11 Å². The summed E-state index contributed by atoms with van der Waals surface area (Å²) in [6.07, 6.45) is 1.77. The molecular weight excluding hydrogens is 121 g/mol. The Morgan fingerprint density at radius 1 is 1.75 bits per heavy atom. The fourth-order valence-electron chi connectivity index (χ4n) is 0.571. The highest BCUT2D eigenvalue weighted by Crippen LogP contribution is 1.93. The highest BCUT2D eigenvalue weighted by atomic mass is 31.0. The third-order valence-electron chi connectivity index (χ3n) is 0.975. The van der Waals surface area contributed by atoms with Crippen LogP contribution in [0.4, 0.5) is 0 Å². The highest BCUT2D eigenvalue weighted by Gasteiger charge is 1.97. The summed E-state index contributed by atoms with van der Waals surface area (Å²) < 4.78 is 0. The third kappa shape index (κ3) is 4.51. The predicted octanol–water partition coefficient (Wildman–Crippen LogP) is 0.527. The minimum atomic E-state index is -0.169. The van der Waals surface area contributed by atoms with Crippen molar-refractivity contribution in [3.8, 4) is 0 Å². The normalized spacial score (nSPS) is 13.9. The van der Waals surface area contributed by atoms with E-state index in [-0.39, 0.29) is 6.10 Å². The van der Waals surface area contributed by atoms with Crippen molar-refractivity contribution in [1.82, 2.24) is 5.09 Å². The molecule has 2 N–H and O–H groups in total. The van der Waals surface area contributed by atoms with Gasteiger partial charge in [0.05, 0.1) is 6.10 Å². The zero-order valence-corrected chi connectivity index (χ0v) is 6.38. The second-order valence-electron chi connectivity index (χ2n) is 1.85. The molecule has 0 aromatic heterocycles. The van der Waals surface area contributed by atoms with Crippen LogP contribution in [-0.2, 0) is 0 Å². The van der Waals surface area contributed by atoms with Crippen molar-refractivity contribution in [1.29, 1.82) is 0 Å². The second-order valence-corrected chi connectivity index (χ2v) is 2.26. The number of nitrogens with one attached hydrogen (secondary N) is 1. The molecule has 0 aliphatic heterocycles. The fraction of sp³-hybridized carbons (Fsp3) is 1.00. The Morgan fingerprint density at radius 3 is 2.75 bits per heavy atom. The Bertz CT molecular complexity index is 45.7. The molecule has 0 rings (SSSR count). The molecule has 0 spiro atoms. The number of rotatable bonds is 4. The van der Waals surface area contributed by atoms with Crippen molar-refractivity contribution in [2.24, 2.45) is 0 Å². The number of hydrogen-bond acceptors (Lipinski definition) is 2. The van der Waals surface area contributed by atoms with Crippen LogP contribution in [-0.4, -0.2) is 17.8 Å². The van der Waals surface area contributed by atoms with Crippen LogP contribution in [0.15, 0.2) is 0 Å². The Labute approximate surface area is 52.9 Å². The quantitative estimate of drug-likeness (QED) is 0.551. The van der Waals surface area contributed by atoms with Gasteiger partial charge in [0, 0.05) is 6.54 Å². The Kier molecular flexibility index (Phi) is 5.73. The molecule has 0 saturated carbocycles. The van der Waals surface area contributed by atoms with Crippen LogP contribution in [0, 0.1) is 0 Å². The van der Waals surface area contributed by atoms with Gasteiger partial charge >= 0.3 is 0 Å². The van der Waals surface area contributed by atoms with Gasteiger partial charge < -0.3 is 5.11 Å². The average molecular weight is 135 g/mol. The van der Waals surface area contributed by atoms with Crippen LogP contribution >= 0.6 is 9.39 Å². The standard InChI is InChI=1S/C5H14NOP/c1-2-3-5(7)4-6-8/h5-7H,2-4,8H2,1H3. The van der Waals surface area contributed by atoms with Crippen LogP contribution < -0.4 is 5.09 Å². The van der Waals surface area contributed by atoms with E-state index >= 15 is 0 Å². The van der Waals surface area contributed by atoms with Crippen molar-refractivity contribution in [2.75, 3.05) is 6.54 Å². The SMILES string of the molecule is CCCC(O)CNP. The molecule has 0 heterocycles. The van der Waals surface area contributed by atoms with Crippen LogP contribution in [0.3, 0.4) is 0 Å². The van der Waals surface area contributed by atoms with E-state index in [9.17, 15) is 0 Å². The predicted molar refractivity (Wildman–Crippen MR) is 38.6 cm³/mol. The molecule has 0 fully saturated rings. The van der Waals surface area contributed by atoms with Crippen molar-refractivity contribution >= 4 is 9.39 Å². The van der Waals surface area contributed by atoms with Crippen molar-refractivity contribution < 1.29 is 5.11 Å². The molecule has 0 amide bonds. The van der Waals surface area contributed by atoms with Crippen molar-refractivity contribution in [3.05, 3.63) is 0 Å². The number of aliphatic hydroxyl groups excluding tert-OH is 1. The lowest BCUT2D eigenvalue weighted by Crippen LogP contribution is -2.19. The minimum absolute atomic E-state index is 0.169. The molecule has 0 aliphatic carbocycles. The highest BCUT2D eigenvalue weighted by molar-refractivity contribution is 7.13. The Hall–Kier alpha value is 0.350. The van der Waals surface area contributed by atoms with E-state index in [2.05, 4.69) is 21.4 Å². The first-order valence-electron chi connectivity index (χ1n) is 2.92. The molecule has 0 aromatic rings. The summed E-state index contributed by atoms with van der Waals surface area (Å²) in [5.74, 6) is 0. The van der Waals surface area contributed by atoms with E-state index in [1.807, 2.05) is 0 Å². The van der Waals surface area contributed by atoms with Gasteiger partial charge in [0.25, 0.3) is 0 Å². The van der Waals surface area contributed by atoms with E-state index in [1.54, 1.807) is 0 Å². The van der Waals surface area contributed by atoms with Gasteiger partial charge in [-0.05, 0) is 6.42 Å². The molecule has 0 saturated heterocycles. The van der Waals surface area contributed by atoms with Gasteiger partial charge in [-0.25, -0.2) is 0 Å². The van der Waals surface area contributed by atoms with Crippen LogP contribution in [0.2, 0.25) is 0 Å². The van der Waals surface area contributed by atoms with E-state index in [0.29, 0.717) is 6.54 Å². The summed E-state index contributed by atoms with van der Waals surface area (Å²) in [5, 5.41) is 11.8. The average Bonchev–Trinajstić information content (AvgIpc) is 1.68. The molecule has 8 heavy (non-hydrogen) atoms. The molecule has 3 heteroatoms. The van der Waals surface area contributed by atoms with E-state index in [1.165, 1.54) is 0 Å². The molecular formula is C5H14NOP. The monoisotopic (exact) mass is 135 g/mol. The summed E-state index contributed by atoms with van der Waals surface area (Å²) in [5.41, 5.74) is 0. The Morgan fingerprint density at radius 2 is 2.38 bits per heavy atom.